The van der Waals surface area contributed by atoms with E-state index in [0.29, 0.717) is 24.0 Å². The molecule has 3 heterocycles. The molecule has 1 unspecified atom stereocenters. The van der Waals surface area contributed by atoms with Gasteiger partial charge in [-0.25, -0.2) is 22.0 Å². The van der Waals surface area contributed by atoms with Crippen molar-refractivity contribution in [2.75, 3.05) is 13.1 Å². The summed E-state index contributed by atoms with van der Waals surface area (Å²) in [5.74, 6) is -1.23. The standard InChI is InChI=1S/C20H21N7O5S2.C2H4O2/c21-34(31,32)19-16(33(29,30)13-9-22-10-13)6-4-14(18(19)20-24-26-27-25-20)11-2-1-3-12(8-11)15-5-7-17(28)23-15;1-2(3)4/h1-4,6,8,13,15,22H,5,7,9-10H2,(H,23,28)(H2,21,31,32)(H,24,25,26,27);1H3,(H,3,4)/p-1. The monoisotopic (exact) mass is 562 g/mol. The van der Waals surface area contributed by atoms with Crippen LogP contribution in [0.15, 0.2) is 46.2 Å². The number of sulfone groups is 1. The first kappa shape index (κ1) is 27.3. The second-order valence-electron chi connectivity index (χ2n) is 8.70. The van der Waals surface area contributed by atoms with Crippen LogP contribution in [0.2, 0.25) is 0 Å². The van der Waals surface area contributed by atoms with Crippen LogP contribution < -0.4 is 20.9 Å². The van der Waals surface area contributed by atoms with Gasteiger partial charge in [0, 0.05) is 25.5 Å². The molecule has 0 aliphatic carbocycles. The summed E-state index contributed by atoms with van der Waals surface area (Å²) in [5.41, 5.74) is 1.72. The van der Waals surface area contributed by atoms with Crippen LogP contribution in [0.4, 0.5) is 0 Å². The van der Waals surface area contributed by atoms with E-state index in [1.54, 1.807) is 12.1 Å². The molecule has 2 aliphatic rings. The molecular weight excluding hydrogens is 538 g/mol. The highest BCUT2D eigenvalue weighted by Crippen LogP contribution is 2.40. The second-order valence-corrected chi connectivity index (χ2v) is 12.4. The van der Waals surface area contributed by atoms with E-state index in [9.17, 15) is 21.6 Å². The molecule has 2 aromatic carbocycles. The molecule has 3 aromatic rings. The van der Waals surface area contributed by atoms with Crippen molar-refractivity contribution in [2.45, 2.75) is 40.8 Å². The van der Waals surface area contributed by atoms with Crippen LogP contribution in [-0.2, 0) is 29.4 Å². The molecule has 5 rings (SSSR count). The van der Waals surface area contributed by atoms with Gasteiger partial charge in [0.2, 0.25) is 21.8 Å². The van der Waals surface area contributed by atoms with E-state index in [0.717, 1.165) is 12.5 Å². The first-order valence-electron chi connectivity index (χ1n) is 11.3. The highest BCUT2D eigenvalue weighted by Gasteiger charge is 2.38. The Morgan fingerprint density at radius 1 is 1.13 bits per heavy atom. The normalized spacial score (nSPS) is 17.7. The highest BCUT2D eigenvalue weighted by atomic mass is 32.2. The van der Waals surface area contributed by atoms with E-state index in [1.165, 1.54) is 12.1 Å². The Balaban J connectivity index is 0.000000786. The number of nitrogens with zero attached hydrogens (tertiary/aromatic N) is 3. The molecule has 202 valence electrons. The average Bonchev–Trinajstić information content (AvgIpc) is 3.48. The summed E-state index contributed by atoms with van der Waals surface area (Å²) < 4.78 is 52.1. The van der Waals surface area contributed by atoms with Crippen LogP contribution in [0.3, 0.4) is 0 Å². The van der Waals surface area contributed by atoms with E-state index in [-0.39, 0.29) is 36.4 Å². The van der Waals surface area contributed by atoms with Gasteiger partial charge in [-0.3, -0.25) is 4.79 Å². The van der Waals surface area contributed by atoms with Gasteiger partial charge in [0.05, 0.1) is 21.8 Å². The molecule has 1 atom stereocenters. The number of hydrogen-bond donors (Lipinski definition) is 4. The van der Waals surface area contributed by atoms with Crippen molar-refractivity contribution >= 4 is 31.7 Å². The van der Waals surface area contributed by atoms with Crippen molar-refractivity contribution in [3.8, 4) is 22.5 Å². The van der Waals surface area contributed by atoms with Crippen LogP contribution >= 0.6 is 0 Å². The lowest BCUT2D eigenvalue weighted by Crippen LogP contribution is -2.51. The maximum absolute atomic E-state index is 13.2. The third-order valence-corrected chi connectivity index (χ3v) is 9.35. The lowest BCUT2D eigenvalue weighted by atomic mass is 9.95. The van der Waals surface area contributed by atoms with Gasteiger partial charge in [-0.2, -0.15) is 5.21 Å². The summed E-state index contributed by atoms with van der Waals surface area (Å²) in [6.45, 7) is 1.39. The zero-order valence-electron chi connectivity index (χ0n) is 20.0. The fourth-order valence-corrected chi connectivity index (χ4v) is 7.43. The zero-order valence-corrected chi connectivity index (χ0v) is 21.7. The Bertz CT molecular complexity index is 1580. The number of tetrazole rings is 1. The number of primary sulfonamides is 1. The van der Waals surface area contributed by atoms with Crippen molar-refractivity contribution in [1.82, 2.24) is 31.3 Å². The summed E-state index contributed by atoms with van der Waals surface area (Å²) in [6, 6.07) is 9.79. The first-order chi connectivity index (χ1) is 17.9. The Hall–Kier alpha value is -3.73. The molecule has 1 aromatic heterocycles. The van der Waals surface area contributed by atoms with E-state index in [2.05, 4.69) is 31.3 Å². The van der Waals surface area contributed by atoms with Gasteiger partial charge in [0.25, 0.3) is 0 Å². The first-order valence-corrected chi connectivity index (χ1v) is 14.4. The second kappa shape index (κ2) is 10.6. The number of benzene rings is 2. The number of aliphatic carboxylic acids is 1. The van der Waals surface area contributed by atoms with Crippen molar-refractivity contribution in [3.05, 3.63) is 42.0 Å². The van der Waals surface area contributed by atoms with Gasteiger partial charge in [-0.15, -0.1) is 10.2 Å². The van der Waals surface area contributed by atoms with E-state index in [4.69, 9.17) is 15.0 Å². The number of nitrogens with two attached hydrogens (primary N) is 1. The molecule has 0 saturated carbocycles. The predicted molar refractivity (Wildman–Crippen MR) is 131 cm³/mol. The number of H-pyrrole nitrogens is 1. The molecule has 2 aliphatic heterocycles. The minimum Gasteiger partial charge on any atom is -0.550 e. The molecular formula is C22H24N7O7S2-. The summed E-state index contributed by atoms with van der Waals surface area (Å²) in [7, 11) is -8.54. The maximum Gasteiger partial charge on any atom is 0.240 e. The quantitative estimate of drug-likeness (QED) is 0.274. The van der Waals surface area contributed by atoms with Crippen molar-refractivity contribution in [2.24, 2.45) is 5.14 Å². The third kappa shape index (κ3) is 5.57. The van der Waals surface area contributed by atoms with Crippen molar-refractivity contribution in [3.63, 3.8) is 0 Å². The largest absolute Gasteiger partial charge is 0.550 e. The minimum atomic E-state index is -4.53. The van der Waals surface area contributed by atoms with Gasteiger partial charge >= 0.3 is 0 Å². The van der Waals surface area contributed by atoms with Gasteiger partial charge in [-0.05, 0) is 47.4 Å². The molecule has 14 nitrogen and oxygen atoms in total. The van der Waals surface area contributed by atoms with Crippen LogP contribution in [0.1, 0.15) is 31.4 Å². The summed E-state index contributed by atoms with van der Waals surface area (Å²) in [4.78, 5) is 19.6. The number of sulfonamides is 1. The number of carbonyl (C=O) groups excluding carboxylic acids is 2. The van der Waals surface area contributed by atoms with Crippen LogP contribution in [-0.4, -0.2) is 67.7 Å². The number of rotatable bonds is 6. The van der Waals surface area contributed by atoms with Crippen molar-refractivity contribution < 1.29 is 31.5 Å². The number of amides is 1. The molecule has 2 fully saturated rings. The lowest BCUT2D eigenvalue weighted by Gasteiger charge is -2.28. The van der Waals surface area contributed by atoms with Crippen LogP contribution in [0.25, 0.3) is 22.5 Å². The summed E-state index contributed by atoms with van der Waals surface area (Å²) in [5, 5.41) is 33.1. The summed E-state index contributed by atoms with van der Waals surface area (Å²) in [6.07, 6.45) is 1.05. The number of carbonyl (C=O) groups is 2. The molecule has 5 N–H and O–H groups in total. The topological polar surface area (TPSA) is 230 Å². The number of aromatic nitrogens is 4. The van der Waals surface area contributed by atoms with Gasteiger partial charge in [-0.1, -0.05) is 24.3 Å². The molecule has 38 heavy (non-hydrogen) atoms. The van der Waals surface area contributed by atoms with Gasteiger partial charge in [0.1, 0.15) is 4.90 Å². The number of carboxylic acids is 1. The number of hydrogen-bond acceptors (Lipinski definition) is 11. The predicted octanol–water partition coefficient (Wildman–Crippen LogP) is -1.37. The van der Waals surface area contributed by atoms with Crippen LogP contribution in [0, 0.1) is 0 Å². The fraction of sp³-hybridized carbons (Fsp3) is 0.318. The number of nitrogens with one attached hydrogen (secondary N) is 3. The van der Waals surface area contributed by atoms with Crippen LogP contribution in [0.5, 0.6) is 0 Å². The van der Waals surface area contributed by atoms with Crippen molar-refractivity contribution in [1.29, 1.82) is 0 Å². The molecule has 2 saturated heterocycles. The van der Waals surface area contributed by atoms with Gasteiger partial charge in [0.15, 0.2) is 9.84 Å². The highest BCUT2D eigenvalue weighted by molar-refractivity contribution is 7.94. The lowest BCUT2D eigenvalue weighted by molar-refractivity contribution is -0.302. The Morgan fingerprint density at radius 3 is 2.37 bits per heavy atom. The smallest absolute Gasteiger partial charge is 0.240 e. The number of carboxylic acid groups (broad SMARTS) is 1. The van der Waals surface area contributed by atoms with E-state index in [1.807, 2.05) is 12.1 Å². The zero-order chi connectivity index (χ0) is 27.7. The average molecular weight is 563 g/mol. The SMILES string of the molecule is CC(=O)[O-].NS(=O)(=O)c1c(S(=O)(=O)C2CNC2)ccc(-c2cccc(C3CCC(=O)N3)c2)c1-c1nn[nH]n1. The summed E-state index contributed by atoms with van der Waals surface area (Å²) >= 11 is 0. The minimum absolute atomic E-state index is 0.0422. The van der Waals surface area contributed by atoms with E-state index >= 15 is 0 Å². The third-order valence-electron chi connectivity index (χ3n) is 6.06. The maximum atomic E-state index is 13.2. The molecule has 0 radical (unpaired) electrons. The Morgan fingerprint density at radius 2 is 1.84 bits per heavy atom. The molecule has 0 bridgehead atoms. The molecule has 0 spiro atoms. The Labute approximate surface area is 218 Å². The molecule has 1 amide bonds. The fourth-order valence-electron chi connectivity index (χ4n) is 4.25. The Kier molecular flexibility index (Phi) is 7.59. The van der Waals surface area contributed by atoms with E-state index < -0.39 is 40.9 Å². The number of aromatic amines is 1. The van der Waals surface area contributed by atoms with Gasteiger partial charge < -0.3 is 20.5 Å². The molecule has 16 heteroatoms.